The van der Waals surface area contributed by atoms with Crippen LogP contribution in [0.25, 0.3) is 0 Å². The van der Waals surface area contributed by atoms with Crippen molar-refractivity contribution >= 4 is 17.5 Å². The Morgan fingerprint density at radius 1 is 1.19 bits per heavy atom. The van der Waals surface area contributed by atoms with Gasteiger partial charge in [0.05, 0.1) is 13.7 Å². The SMILES string of the molecule is COc1ccccc1CNC(=O)CN1CCC(O)(COc2cc(C)c(Cl)c(C)c2)CC1. The van der Waals surface area contributed by atoms with Crippen molar-refractivity contribution in [1.29, 1.82) is 0 Å². The third-order valence-corrected chi connectivity index (χ3v) is 6.34. The monoisotopic (exact) mass is 446 g/mol. The fourth-order valence-electron chi connectivity index (χ4n) is 3.78. The first kappa shape index (κ1) is 23.4. The lowest BCUT2D eigenvalue weighted by atomic mass is 9.92. The van der Waals surface area contributed by atoms with Gasteiger partial charge in [0.2, 0.25) is 5.91 Å². The highest BCUT2D eigenvalue weighted by atomic mass is 35.5. The second kappa shape index (κ2) is 10.4. The molecule has 2 aromatic carbocycles. The molecular formula is C24H31ClN2O4. The van der Waals surface area contributed by atoms with E-state index in [4.69, 9.17) is 21.1 Å². The van der Waals surface area contributed by atoms with Crippen molar-refractivity contribution < 1.29 is 19.4 Å². The molecule has 1 aliphatic rings. The van der Waals surface area contributed by atoms with Crippen LogP contribution in [0.4, 0.5) is 0 Å². The molecule has 1 aliphatic heterocycles. The van der Waals surface area contributed by atoms with Crippen LogP contribution >= 0.6 is 11.6 Å². The Balaban J connectivity index is 1.43. The Hall–Kier alpha value is -2.28. The molecule has 0 unspecified atom stereocenters. The van der Waals surface area contributed by atoms with E-state index in [0.717, 1.165) is 27.5 Å². The first-order valence-electron chi connectivity index (χ1n) is 10.5. The molecule has 0 bridgehead atoms. The third kappa shape index (κ3) is 6.35. The van der Waals surface area contributed by atoms with Crippen LogP contribution < -0.4 is 14.8 Å². The van der Waals surface area contributed by atoms with E-state index in [1.807, 2.05) is 50.2 Å². The molecule has 168 valence electrons. The average molecular weight is 447 g/mol. The van der Waals surface area contributed by atoms with Gasteiger partial charge in [-0.2, -0.15) is 0 Å². The molecule has 3 rings (SSSR count). The van der Waals surface area contributed by atoms with E-state index < -0.39 is 5.60 Å². The standard InChI is InChI=1S/C24H31ClN2O4/c1-17-12-20(13-18(2)23(17)25)31-16-24(29)8-10-27(11-9-24)15-22(28)26-14-19-6-4-5-7-21(19)30-3/h4-7,12-13,29H,8-11,14-16H2,1-3H3,(H,26,28). The van der Waals surface area contributed by atoms with Gasteiger partial charge in [0, 0.05) is 30.2 Å². The van der Waals surface area contributed by atoms with Crippen LogP contribution in [0, 0.1) is 13.8 Å². The number of para-hydroxylation sites is 1. The zero-order chi connectivity index (χ0) is 22.4. The van der Waals surface area contributed by atoms with E-state index in [2.05, 4.69) is 10.2 Å². The number of aliphatic hydroxyl groups is 1. The van der Waals surface area contributed by atoms with Crippen molar-refractivity contribution in [2.75, 3.05) is 33.4 Å². The summed E-state index contributed by atoms with van der Waals surface area (Å²) in [6.07, 6.45) is 1.11. The minimum absolute atomic E-state index is 0.0419. The largest absolute Gasteiger partial charge is 0.496 e. The van der Waals surface area contributed by atoms with Crippen molar-refractivity contribution in [3.8, 4) is 11.5 Å². The molecule has 7 heteroatoms. The molecule has 2 aromatic rings. The number of piperidine rings is 1. The summed E-state index contributed by atoms with van der Waals surface area (Å²) in [5, 5.41) is 14.6. The number of nitrogens with one attached hydrogen (secondary N) is 1. The van der Waals surface area contributed by atoms with E-state index in [-0.39, 0.29) is 12.5 Å². The smallest absolute Gasteiger partial charge is 0.234 e. The van der Waals surface area contributed by atoms with Crippen LogP contribution in [0.1, 0.15) is 29.5 Å². The van der Waals surface area contributed by atoms with Gasteiger partial charge in [0.25, 0.3) is 0 Å². The number of nitrogens with zero attached hydrogens (tertiary/aromatic N) is 1. The Morgan fingerprint density at radius 2 is 1.84 bits per heavy atom. The van der Waals surface area contributed by atoms with Crippen LogP contribution in [0.2, 0.25) is 5.02 Å². The second-order valence-corrected chi connectivity index (χ2v) is 8.63. The summed E-state index contributed by atoms with van der Waals surface area (Å²) >= 11 is 6.21. The number of halogens is 1. The normalized spacial score (nSPS) is 16.0. The number of methoxy groups -OCH3 is 1. The van der Waals surface area contributed by atoms with Crippen LogP contribution in [-0.4, -0.2) is 54.9 Å². The van der Waals surface area contributed by atoms with Gasteiger partial charge < -0.3 is 19.9 Å². The summed E-state index contributed by atoms with van der Waals surface area (Å²) < 4.78 is 11.2. The molecular weight excluding hydrogens is 416 g/mol. The highest BCUT2D eigenvalue weighted by molar-refractivity contribution is 6.32. The molecule has 0 saturated carbocycles. The van der Waals surface area contributed by atoms with Crippen LogP contribution in [0.5, 0.6) is 11.5 Å². The Morgan fingerprint density at radius 3 is 2.48 bits per heavy atom. The van der Waals surface area contributed by atoms with Crippen molar-refractivity contribution in [3.63, 3.8) is 0 Å². The lowest BCUT2D eigenvalue weighted by Crippen LogP contribution is -2.50. The van der Waals surface area contributed by atoms with Gasteiger partial charge >= 0.3 is 0 Å². The predicted octanol–water partition coefficient (Wildman–Crippen LogP) is 3.49. The molecule has 1 heterocycles. The summed E-state index contributed by atoms with van der Waals surface area (Å²) in [6.45, 7) is 6.11. The number of likely N-dealkylation sites (tertiary alicyclic amines) is 1. The van der Waals surface area contributed by atoms with E-state index in [0.29, 0.717) is 44.8 Å². The number of hydrogen-bond acceptors (Lipinski definition) is 5. The molecule has 0 spiro atoms. The lowest BCUT2D eigenvalue weighted by molar-refractivity contribution is -0.124. The number of ether oxygens (including phenoxy) is 2. The molecule has 1 saturated heterocycles. The zero-order valence-electron chi connectivity index (χ0n) is 18.4. The molecule has 2 N–H and O–H groups in total. The van der Waals surface area contributed by atoms with Gasteiger partial charge in [-0.1, -0.05) is 29.8 Å². The minimum atomic E-state index is -0.897. The van der Waals surface area contributed by atoms with Crippen molar-refractivity contribution in [1.82, 2.24) is 10.2 Å². The molecule has 0 atom stereocenters. The molecule has 1 fully saturated rings. The van der Waals surface area contributed by atoms with E-state index in [9.17, 15) is 9.90 Å². The third-order valence-electron chi connectivity index (χ3n) is 5.74. The van der Waals surface area contributed by atoms with E-state index in [1.165, 1.54) is 0 Å². The maximum atomic E-state index is 12.4. The fraction of sp³-hybridized carbons (Fsp3) is 0.458. The number of hydrogen-bond donors (Lipinski definition) is 2. The second-order valence-electron chi connectivity index (χ2n) is 8.25. The molecule has 0 aliphatic carbocycles. The molecule has 6 nitrogen and oxygen atoms in total. The van der Waals surface area contributed by atoms with Crippen molar-refractivity contribution in [3.05, 3.63) is 58.1 Å². The Bertz CT molecular complexity index is 887. The fourth-order valence-corrected chi connectivity index (χ4v) is 3.89. The van der Waals surface area contributed by atoms with E-state index >= 15 is 0 Å². The highest BCUT2D eigenvalue weighted by Gasteiger charge is 2.33. The van der Waals surface area contributed by atoms with Gasteiger partial charge in [-0.15, -0.1) is 0 Å². The number of benzene rings is 2. The molecule has 0 aromatic heterocycles. The van der Waals surface area contributed by atoms with Gasteiger partial charge in [-0.3, -0.25) is 9.69 Å². The highest BCUT2D eigenvalue weighted by Crippen LogP contribution is 2.28. The number of carbonyl (C=O) groups is 1. The van der Waals surface area contributed by atoms with Crippen molar-refractivity contribution in [2.24, 2.45) is 0 Å². The van der Waals surface area contributed by atoms with Crippen molar-refractivity contribution in [2.45, 2.75) is 38.8 Å². The summed E-state index contributed by atoms with van der Waals surface area (Å²) in [5.74, 6) is 1.43. The van der Waals surface area contributed by atoms with E-state index in [1.54, 1.807) is 7.11 Å². The summed E-state index contributed by atoms with van der Waals surface area (Å²) in [4.78, 5) is 14.4. The van der Waals surface area contributed by atoms with Gasteiger partial charge in [0.1, 0.15) is 23.7 Å². The first-order valence-corrected chi connectivity index (χ1v) is 10.9. The zero-order valence-corrected chi connectivity index (χ0v) is 19.2. The van der Waals surface area contributed by atoms with Crippen LogP contribution in [0.3, 0.4) is 0 Å². The van der Waals surface area contributed by atoms with Gasteiger partial charge in [-0.05, 0) is 56.0 Å². The van der Waals surface area contributed by atoms with Crippen LogP contribution in [0.15, 0.2) is 36.4 Å². The first-order chi connectivity index (χ1) is 14.8. The number of aryl methyl sites for hydroxylation is 2. The molecule has 0 radical (unpaired) electrons. The maximum absolute atomic E-state index is 12.4. The summed E-state index contributed by atoms with van der Waals surface area (Å²) in [5.41, 5.74) is 1.96. The topological polar surface area (TPSA) is 71.0 Å². The Kier molecular flexibility index (Phi) is 7.81. The predicted molar refractivity (Wildman–Crippen MR) is 122 cm³/mol. The summed E-state index contributed by atoms with van der Waals surface area (Å²) in [6, 6.07) is 11.4. The molecule has 31 heavy (non-hydrogen) atoms. The van der Waals surface area contributed by atoms with Crippen LogP contribution in [-0.2, 0) is 11.3 Å². The lowest BCUT2D eigenvalue weighted by Gasteiger charge is -2.37. The molecule has 1 amide bonds. The van der Waals surface area contributed by atoms with Gasteiger partial charge in [0.15, 0.2) is 0 Å². The quantitative estimate of drug-likeness (QED) is 0.649. The average Bonchev–Trinajstić information content (AvgIpc) is 2.76. The number of amides is 1. The number of carbonyl (C=O) groups excluding carboxylic acids is 1. The maximum Gasteiger partial charge on any atom is 0.234 e. The number of rotatable bonds is 8. The Labute approximate surface area is 189 Å². The van der Waals surface area contributed by atoms with Gasteiger partial charge in [-0.25, -0.2) is 0 Å². The summed E-state index contributed by atoms with van der Waals surface area (Å²) in [7, 11) is 1.62. The minimum Gasteiger partial charge on any atom is -0.496 e.